The van der Waals surface area contributed by atoms with Crippen molar-refractivity contribution in [3.8, 4) is 0 Å². The van der Waals surface area contributed by atoms with E-state index in [9.17, 15) is 0 Å². The van der Waals surface area contributed by atoms with E-state index >= 15 is 0 Å². The van der Waals surface area contributed by atoms with Gasteiger partial charge in [0.1, 0.15) is 0 Å². The summed E-state index contributed by atoms with van der Waals surface area (Å²) in [5.41, 5.74) is 1.27. The van der Waals surface area contributed by atoms with E-state index in [-0.39, 0.29) is 0 Å². The Hall–Kier alpha value is -0.380. The van der Waals surface area contributed by atoms with E-state index in [2.05, 4.69) is 33.0 Å². The molecule has 1 aromatic carbocycles. The number of halogens is 2. The van der Waals surface area contributed by atoms with E-state index in [0.717, 1.165) is 10.9 Å². The first-order valence-electron chi connectivity index (χ1n) is 4.09. The largest absolute Gasteiger partial charge is 0.233 e. The highest BCUT2D eigenvalue weighted by molar-refractivity contribution is 9.10. The van der Waals surface area contributed by atoms with Gasteiger partial charge < -0.3 is 0 Å². The Morgan fingerprint density at radius 3 is 2.57 bits per heavy atom. The number of benzene rings is 1. The third-order valence-corrected chi connectivity index (χ3v) is 3.46. The van der Waals surface area contributed by atoms with Gasteiger partial charge in [-0.15, -0.1) is 11.3 Å². The molecule has 2 aromatic rings. The number of rotatable bonds is 2. The van der Waals surface area contributed by atoms with Crippen LogP contribution in [-0.4, -0.2) is 4.98 Å². The first kappa shape index (κ1) is 10.1. The normalized spacial score (nSPS) is 10.4. The number of nitrogens with zero attached hydrogens (tertiary/aromatic N) is 1. The fraction of sp³-hybridized carbons (Fsp3) is 0.100. The van der Waals surface area contributed by atoms with E-state index in [0.29, 0.717) is 4.47 Å². The third-order valence-electron chi connectivity index (χ3n) is 1.82. The van der Waals surface area contributed by atoms with Gasteiger partial charge in [0.2, 0.25) is 0 Å². The minimum Gasteiger partial charge on any atom is -0.233 e. The summed E-state index contributed by atoms with van der Waals surface area (Å²) in [4.78, 5) is 5.20. The number of hydrogen-bond acceptors (Lipinski definition) is 2. The molecular formula is C10H7BrClNS. The van der Waals surface area contributed by atoms with Crippen LogP contribution in [0.3, 0.4) is 0 Å². The summed E-state index contributed by atoms with van der Waals surface area (Å²) in [5, 5.41) is 0. The maximum Gasteiger partial charge on any atom is 0.183 e. The van der Waals surface area contributed by atoms with Gasteiger partial charge >= 0.3 is 0 Å². The fourth-order valence-corrected chi connectivity index (χ4v) is 2.45. The Labute approximate surface area is 99.9 Å². The first-order chi connectivity index (χ1) is 6.74. The standard InChI is InChI=1S/C10H7BrClNS/c11-8-3-1-7(2-4-8)5-9-6-13-10(12)14-9/h1-4,6H,5H2. The lowest BCUT2D eigenvalue weighted by atomic mass is 10.1. The van der Waals surface area contributed by atoms with Crippen molar-refractivity contribution >= 4 is 38.9 Å². The van der Waals surface area contributed by atoms with Crippen molar-refractivity contribution in [1.82, 2.24) is 4.98 Å². The molecule has 0 saturated carbocycles. The van der Waals surface area contributed by atoms with Crippen molar-refractivity contribution in [1.29, 1.82) is 0 Å². The van der Waals surface area contributed by atoms with Crippen LogP contribution in [0.25, 0.3) is 0 Å². The topological polar surface area (TPSA) is 12.9 Å². The minimum atomic E-state index is 0.608. The van der Waals surface area contributed by atoms with Crippen LogP contribution in [0.15, 0.2) is 34.9 Å². The van der Waals surface area contributed by atoms with Gasteiger partial charge in [-0.25, -0.2) is 4.98 Å². The highest BCUT2D eigenvalue weighted by Crippen LogP contribution is 2.21. The summed E-state index contributed by atoms with van der Waals surface area (Å²) in [6, 6.07) is 8.27. The molecular weight excluding hydrogens is 282 g/mol. The zero-order chi connectivity index (χ0) is 9.97. The average Bonchev–Trinajstić information content (AvgIpc) is 2.56. The van der Waals surface area contributed by atoms with Gasteiger partial charge in [0.25, 0.3) is 0 Å². The van der Waals surface area contributed by atoms with Gasteiger partial charge in [-0.2, -0.15) is 0 Å². The molecule has 0 atom stereocenters. The van der Waals surface area contributed by atoms with Crippen LogP contribution in [0, 0.1) is 0 Å². The Morgan fingerprint density at radius 2 is 2.00 bits per heavy atom. The van der Waals surface area contributed by atoms with Crippen LogP contribution in [0.2, 0.25) is 4.47 Å². The summed E-state index contributed by atoms with van der Waals surface area (Å²) >= 11 is 10.7. The van der Waals surface area contributed by atoms with Gasteiger partial charge in [0, 0.05) is 22.0 Å². The molecule has 0 aliphatic rings. The van der Waals surface area contributed by atoms with Crippen LogP contribution in [0.1, 0.15) is 10.4 Å². The molecule has 0 N–H and O–H groups in total. The maximum atomic E-state index is 5.75. The smallest absolute Gasteiger partial charge is 0.183 e. The van der Waals surface area contributed by atoms with Crippen molar-refractivity contribution in [3.05, 3.63) is 49.8 Å². The second kappa shape index (κ2) is 4.43. The monoisotopic (exact) mass is 287 g/mol. The van der Waals surface area contributed by atoms with E-state index in [1.807, 2.05) is 18.3 Å². The Morgan fingerprint density at radius 1 is 1.29 bits per heavy atom. The van der Waals surface area contributed by atoms with Crippen molar-refractivity contribution in [2.24, 2.45) is 0 Å². The molecule has 0 fully saturated rings. The summed E-state index contributed by atoms with van der Waals surface area (Å²) in [6.45, 7) is 0. The molecule has 0 aliphatic heterocycles. The molecule has 14 heavy (non-hydrogen) atoms. The molecule has 1 nitrogen and oxygen atoms in total. The Bertz CT molecular complexity index is 424. The van der Waals surface area contributed by atoms with Crippen LogP contribution in [0.5, 0.6) is 0 Å². The minimum absolute atomic E-state index is 0.608. The van der Waals surface area contributed by atoms with Gasteiger partial charge in [0.05, 0.1) is 0 Å². The summed E-state index contributed by atoms with van der Waals surface area (Å²) in [5.74, 6) is 0. The number of thiazole rings is 1. The molecule has 1 heterocycles. The Kier molecular flexibility index (Phi) is 3.21. The second-order valence-electron chi connectivity index (χ2n) is 2.88. The van der Waals surface area contributed by atoms with Gasteiger partial charge in [0.15, 0.2) is 4.47 Å². The molecule has 1 aromatic heterocycles. The van der Waals surface area contributed by atoms with Gasteiger partial charge in [-0.1, -0.05) is 39.7 Å². The van der Waals surface area contributed by atoms with Crippen molar-refractivity contribution < 1.29 is 0 Å². The average molecular weight is 289 g/mol. The molecule has 0 aliphatic carbocycles. The second-order valence-corrected chi connectivity index (χ2v) is 5.50. The molecule has 0 radical (unpaired) electrons. The van der Waals surface area contributed by atoms with E-state index in [1.54, 1.807) is 0 Å². The number of aromatic nitrogens is 1. The van der Waals surface area contributed by atoms with Crippen LogP contribution in [0.4, 0.5) is 0 Å². The molecule has 2 rings (SSSR count). The van der Waals surface area contributed by atoms with Gasteiger partial charge in [-0.05, 0) is 17.7 Å². The number of hydrogen-bond donors (Lipinski definition) is 0. The maximum absolute atomic E-state index is 5.75. The lowest BCUT2D eigenvalue weighted by Gasteiger charge is -1.97. The van der Waals surface area contributed by atoms with Crippen LogP contribution < -0.4 is 0 Å². The molecule has 0 spiro atoms. The lowest BCUT2D eigenvalue weighted by molar-refractivity contribution is 1.21. The zero-order valence-corrected chi connectivity index (χ0v) is 10.4. The molecule has 4 heteroatoms. The highest BCUT2D eigenvalue weighted by Gasteiger charge is 2.00. The molecule has 0 saturated heterocycles. The predicted molar refractivity (Wildman–Crippen MR) is 64.1 cm³/mol. The quantitative estimate of drug-likeness (QED) is 0.809. The fourth-order valence-electron chi connectivity index (χ4n) is 1.17. The van der Waals surface area contributed by atoms with Crippen molar-refractivity contribution in [2.75, 3.05) is 0 Å². The highest BCUT2D eigenvalue weighted by atomic mass is 79.9. The third kappa shape index (κ3) is 2.56. The first-order valence-corrected chi connectivity index (χ1v) is 6.07. The van der Waals surface area contributed by atoms with Crippen molar-refractivity contribution in [2.45, 2.75) is 6.42 Å². The van der Waals surface area contributed by atoms with E-state index in [4.69, 9.17) is 11.6 Å². The molecule has 72 valence electrons. The summed E-state index contributed by atoms with van der Waals surface area (Å²) < 4.78 is 1.71. The lowest BCUT2D eigenvalue weighted by Crippen LogP contribution is -1.83. The van der Waals surface area contributed by atoms with Crippen LogP contribution >= 0.6 is 38.9 Å². The van der Waals surface area contributed by atoms with E-state index in [1.165, 1.54) is 21.8 Å². The van der Waals surface area contributed by atoms with Crippen molar-refractivity contribution in [3.63, 3.8) is 0 Å². The predicted octanol–water partition coefficient (Wildman–Crippen LogP) is 4.15. The zero-order valence-electron chi connectivity index (χ0n) is 7.21. The Balaban J connectivity index is 2.15. The molecule has 0 unspecified atom stereocenters. The summed E-state index contributed by atoms with van der Waals surface area (Å²) in [6.07, 6.45) is 2.73. The van der Waals surface area contributed by atoms with Gasteiger partial charge in [-0.3, -0.25) is 0 Å². The van der Waals surface area contributed by atoms with Crippen LogP contribution in [-0.2, 0) is 6.42 Å². The SMILES string of the molecule is Clc1ncc(Cc2ccc(Br)cc2)s1. The summed E-state index contributed by atoms with van der Waals surface area (Å²) in [7, 11) is 0. The molecule has 0 amide bonds. The molecule has 0 bridgehead atoms. The van der Waals surface area contributed by atoms with E-state index < -0.39 is 0 Å².